The molecule has 0 spiro atoms. The number of rotatable bonds is 4. The van der Waals surface area contributed by atoms with Gasteiger partial charge >= 0.3 is 0 Å². The molecule has 1 aliphatic heterocycles. The fourth-order valence-corrected chi connectivity index (χ4v) is 3.40. The van der Waals surface area contributed by atoms with Crippen LogP contribution >= 0.6 is 23.4 Å². The molecule has 126 valence electrons. The molecule has 0 saturated carbocycles. The third-order valence-corrected chi connectivity index (χ3v) is 4.68. The number of aliphatic imine (C=N–C) groups is 1. The number of hydrogen-bond donors (Lipinski definition) is 0. The van der Waals surface area contributed by atoms with E-state index < -0.39 is 5.82 Å². The maximum atomic E-state index is 14.0. The Morgan fingerprint density at radius 1 is 1.36 bits per heavy atom. The van der Waals surface area contributed by atoms with E-state index >= 15 is 0 Å². The second-order valence-corrected chi connectivity index (χ2v) is 6.47. The number of thioether (sulfide) groups is 1. The average Bonchev–Trinajstić information content (AvgIpc) is 2.88. The number of pyridine rings is 1. The summed E-state index contributed by atoms with van der Waals surface area (Å²) in [7, 11) is 0. The zero-order chi connectivity index (χ0) is 17.8. The van der Waals surface area contributed by atoms with Gasteiger partial charge in [0, 0.05) is 18.3 Å². The van der Waals surface area contributed by atoms with Gasteiger partial charge in [0.25, 0.3) is 5.91 Å². The van der Waals surface area contributed by atoms with Crippen molar-refractivity contribution < 1.29 is 9.18 Å². The highest BCUT2D eigenvalue weighted by Gasteiger charge is 2.33. The number of carbonyl (C=O) groups is 1. The topological polar surface area (TPSA) is 45.6 Å². The van der Waals surface area contributed by atoms with Crippen LogP contribution in [0.3, 0.4) is 0 Å². The molecule has 1 aromatic carbocycles. The minimum absolute atomic E-state index is 0.182. The van der Waals surface area contributed by atoms with Gasteiger partial charge in [-0.15, -0.1) is 6.58 Å². The molecule has 25 heavy (non-hydrogen) atoms. The van der Waals surface area contributed by atoms with E-state index in [9.17, 15) is 9.18 Å². The van der Waals surface area contributed by atoms with Crippen LogP contribution in [0.25, 0.3) is 6.08 Å². The van der Waals surface area contributed by atoms with E-state index in [4.69, 9.17) is 11.6 Å². The van der Waals surface area contributed by atoms with Crippen molar-refractivity contribution in [2.45, 2.75) is 0 Å². The molecule has 1 saturated heterocycles. The molecule has 3 rings (SSSR count). The molecule has 1 amide bonds. The Morgan fingerprint density at radius 2 is 2.20 bits per heavy atom. The Balaban J connectivity index is 2.00. The zero-order valence-corrected chi connectivity index (χ0v) is 14.6. The summed E-state index contributed by atoms with van der Waals surface area (Å²) >= 11 is 7.21. The van der Waals surface area contributed by atoms with E-state index in [1.807, 2.05) is 0 Å². The van der Waals surface area contributed by atoms with Crippen molar-refractivity contribution in [3.8, 4) is 0 Å². The highest BCUT2D eigenvalue weighted by Crippen LogP contribution is 2.35. The number of amides is 1. The number of nitrogens with zero attached hydrogens (tertiary/aromatic N) is 3. The number of aromatic nitrogens is 1. The first-order valence-corrected chi connectivity index (χ1v) is 8.54. The summed E-state index contributed by atoms with van der Waals surface area (Å²) in [5, 5.41) is 0.727. The maximum Gasteiger partial charge on any atom is 0.267 e. The Labute approximate surface area is 153 Å². The summed E-state index contributed by atoms with van der Waals surface area (Å²) in [5.41, 5.74) is 0.804. The molecule has 1 aromatic heterocycles. The van der Waals surface area contributed by atoms with Crippen molar-refractivity contribution in [1.82, 2.24) is 9.88 Å². The zero-order valence-electron chi connectivity index (χ0n) is 13.0. The first-order valence-electron chi connectivity index (χ1n) is 7.35. The molecular formula is C18H13ClFN3OS. The average molecular weight is 374 g/mol. The summed E-state index contributed by atoms with van der Waals surface area (Å²) in [6.45, 7) is 3.97. The molecule has 0 unspecified atom stereocenters. The largest absolute Gasteiger partial charge is 0.283 e. The van der Waals surface area contributed by atoms with E-state index in [1.165, 1.54) is 23.1 Å². The van der Waals surface area contributed by atoms with Crippen LogP contribution in [0.4, 0.5) is 10.1 Å². The Bertz CT molecular complexity index is 863. The molecule has 4 nitrogen and oxygen atoms in total. The van der Waals surface area contributed by atoms with E-state index in [-0.39, 0.29) is 16.5 Å². The van der Waals surface area contributed by atoms with E-state index in [1.54, 1.807) is 36.7 Å². The van der Waals surface area contributed by atoms with Crippen LogP contribution in [0.5, 0.6) is 0 Å². The minimum Gasteiger partial charge on any atom is -0.283 e. The van der Waals surface area contributed by atoms with Crippen LogP contribution in [0.1, 0.15) is 5.56 Å². The second kappa shape index (κ2) is 7.63. The molecule has 1 fully saturated rings. The molecule has 2 aromatic rings. The standard InChI is InChI=1S/C18H13ClFN3OS/c1-2-9-23-17(24)16(10-13-14(19)6-3-7-15(13)20)25-18(23)22-12-5-4-8-21-11-12/h2-8,10-11H,1,9H2/b16-10-,22-18?. The highest BCUT2D eigenvalue weighted by molar-refractivity contribution is 8.18. The number of halogens is 2. The predicted octanol–water partition coefficient (Wildman–Crippen LogP) is 4.66. The first-order chi connectivity index (χ1) is 12.1. The fraction of sp³-hybridized carbons (Fsp3) is 0.0556. The van der Waals surface area contributed by atoms with Gasteiger partial charge in [-0.3, -0.25) is 14.7 Å². The number of hydrogen-bond acceptors (Lipinski definition) is 4. The third-order valence-electron chi connectivity index (χ3n) is 3.35. The van der Waals surface area contributed by atoms with Crippen molar-refractivity contribution in [1.29, 1.82) is 0 Å². The van der Waals surface area contributed by atoms with Crippen molar-refractivity contribution in [2.24, 2.45) is 4.99 Å². The van der Waals surface area contributed by atoms with Crippen molar-refractivity contribution in [3.63, 3.8) is 0 Å². The lowest BCUT2D eigenvalue weighted by atomic mass is 10.2. The van der Waals surface area contributed by atoms with Gasteiger partial charge in [0.15, 0.2) is 5.17 Å². The van der Waals surface area contributed by atoms with Crippen LogP contribution in [0.2, 0.25) is 5.02 Å². The normalized spacial score (nSPS) is 17.5. The molecule has 2 heterocycles. The van der Waals surface area contributed by atoms with Gasteiger partial charge in [-0.25, -0.2) is 9.38 Å². The number of amidine groups is 1. The van der Waals surface area contributed by atoms with Gasteiger partial charge in [0.2, 0.25) is 0 Å². The van der Waals surface area contributed by atoms with Crippen molar-refractivity contribution >= 4 is 46.2 Å². The molecule has 0 radical (unpaired) electrons. The monoisotopic (exact) mass is 373 g/mol. The van der Waals surface area contributed by atoms with Crippen LogP contribution < -0.4 is 0 Å². The van der Waals surface area contributed by atoms with Gasteiger partial charge in [-0.2, -0.15) is 0 Å². The van der Waals surface area contributed by atoms with E-state index in [0.29, 0.717) is 22.3 Å². The molecule has 0 N–H and O–H groups in total. The van der Waals surface area contributed by atoms with Crippen molar-refractivity contribution in [3.05, 3.63) is 76.7 Å². The fourth-order valence-electron chi connectivity index (χ4n) is 2.19. The minimum atomic E-state index is -0.485. The number of benzene rings is 1. The molecule has 1 aliphatic rings. The summed E-state index contributed by atoms with van der Waals surface area (Å²) in [6.07, 6.45) is 6.30. The lowest BCUT2D eigenvalue weighted by molar-refractivity contribution is -0.121. The summed E-state index contributed by atoms with van der Waals surface area (Å²) in [6, 6.07) is 7.94. The summed E-state index contributed by atoms with van der Waals surface area (Å²) in [5.74, 6) is -0.756. The van der Waals surface area contributed by atoms with Crippen LogP contribution in [-0.4, -0.2) is 27.5 Å². The number of carbonyl (C=O) groups excluding carboxylic acids is 1. The third kappa shape index (κ3) is 3.81. The van der Waals surface area contributed by atoms with Crippen LogP contribution in [-0.2, 0) is 4.79 Å². The molecule has 0 aliphatic carbocycles. The van der Waals surface area contributed by atoms with Crippen molar-refractivity contribution in [2.75, 3.05) is 6.54 Å². The lowest BCUT2D eigenvalue weighted by Crippen LogP contribution is -2.29. The molecule has 7 heteroatoms. The SMILES string of the molecule is C=CCN1C(=O)/C(=C/c2c(F)cccc2Cl)SC1=Nc1cccnc1. The van der Waals surface area contributed by atoms with Gasteiger partial charge in [0.1, 0.15) is 5.82 Å². The van der Waals surface area contributed by atoms with Gasteiger partial charge in [-0.05, 0) is 42.1 Å². The van der Waals surface area contributed by atoms with Gasteiger partial charge in [-0.1, -0.05) is 23.7 Å². The highest BCUT2D eigenvalue weighted by atomic mass is 35.5. The molecule has 0 atom stereocenters. The molecule has 0 bridgehead atoms. The first kappa shape index (κ1) is 17.4. The summed E-state index contributed by atoms with van der Waals surface area (Å²) < 4.78 is 14.0. The quantitative estimate of drug-likeness (QED) is 0.578. The molecular weight excluding hydrogens is 361 g/mol. The Hall–Kier alpha value is -2.44. The van der Waals surface area contributed by atoms with Gasteiger partial charge < -0.3 is 0 Å². The van der Waals surface area contributed by atoms with Crippen LogP contribution in [0.15, 0.2) is 65.3 Å². The Kier molecular flexibility index (Phi) is 5.31. The van der Waals surface area contributed by atoms with Gasteiger partial charge in [0.05, 0.1) is 21.8 Å². The van der Waals surface area contributed by atoms with Crippen LogP contribution in [0, 0.1) is 5.82 Å². The smallest absolute Gasteiger partial charge is 0.267 e. The van der Waals surface area contributed by atoms with E-state index in [2.05, 4.69) is 16.6 Å². The lowest BCUT2D eigenvalue weighted by Gasteiger charge is -2.12. The summed E-state index contributed by atoms with van der Waals surface area (Å²) in [4.78, 5) is 22.9. The predicted molar refractivity (Wildman–Crippen MR) is 100 cm³/mol. The second-order valence-electron chi connectivity index (χ2n) is 5.06. The maximum absolute atomic E-state index is 14.0. The van der Waals surface area contributed by atoms with E-state index in [0.717, 1.165) is 11.8 Å². The Morgan fingerprint density at radius 3 is 2.88 bits per heavy atom.